The van der Waals surface area contributed by atoms with Gasteiger partial charge in [0.15, 0.2) is 5.82 Å². The van der Waals surface area contributed by atoms with Gasteiger partial charge in [0.2, 0.25) is 0 Å². The van der Waals surface area contributed by atoms with E-state index in [0.717, 1.165) is 10.6 Å². The Balaban J connectivity index is 1.62. The zero-order valence-electron chi connectivity index (χ0n) is 19.4. The van der Waals surface area contributed by atoms with E-state index >= 15 is 0 Å². The van der Waals surface area contributed by atoms with Crippen LogP contribution in [0.4, 0.5) is 0 Å². The minimum Gasteiger partial charge on any atom is -0.490 e. The van der Waals surface area contributed by atoms with Crippen molar-refractivity contribution < 1.29 is 19.2 Å². The number of carbonyl (C=O) groups is 2. The first-order valence-electron chi connectivity index (χ1n) is 10.9. The highest BCUT2D eigenvalue weighted by atomic mass is 16.7. The molecule has 34 heavy (non-hydrogen) atoms. The average Bonchev–Trinajstić information content (AvgIpc) is 3.45. The maximum absolute atomic E-state index is 13.4. The van der Waals surface area contributed by atoms with Gasteiger partial charge in [0, 0.05) is 19.2 Å². The highest BCUT2D eigenvalue weighted by molar-refractivity contribution is 6.01. The first-order chi connectivity index (χ1) is 16.4. The number of aryl methyl sites for hydroxylation is 1. The lowest BCUT2D eigenvalue weighted by Gasteiger charge is -2.24. The summed E-state index contributed by atoms with van der Waals surface area (Å²) < 4.78 is 7.02. The molecule has 1 aliphatic carbocycles. The van der Waals surface area contributed by atoms with Crippen LogP contribution in [0, 0.1) is 6.92 Å². The summed E-state index contributed by atoms with van der Waals surface area (Å²) in [4.78, 5) is 36.2. The van der Waals surface area contributed by atoms with Crippen molar-refractivity contribution in [2.24, 2.45) is 0 Å². The Morgan fingerprint density at radius 2 is 2.06 bits per heavy atom. The number of rotatable bonds is 9. The Bertz CT molecular complexity index is 1190. The SMILES string of the molecule is C=CCOc1ccc([C@@H]2CC2(NC(=O)c2cc(C)nn2-c2ccccn2)C(=O)N(C)OC)cc1. The molecule has 1 unspecified atom stereocenters. The van der Waals surface area contributed by atoms with Crippen LogP contribution in [0.1, 0.15) is 34.1 Å². The predicted molar refractivity (Wildman–Crippen MR) is 126 cm³/mol. The van der Waals surface area contributed by atoms with Gasteiger partial charge in [-0.1, -0.05) is 30.9 Å². The van der Waals surface area contributed by atoms with Gasteiger partial charge >= 0.3 is 0 Å². The van der Waals surface area contributed by atoms with Crippen LogP contribution in [0.5, 0.6) is 5.75 Å². The number of aromatic nitrogens is 3. The molecular formula is C25H27N5O4. The van der Waals surface area contributed by atoms with Crippen molar-refractivity contribution in [3.8, 4) is 11.6 Å². The molecule has 1 aliphatic rings. The van der Waals surface area contributed by atoms with E-state index in [1.54, 1.807) is 37.4 Å². The number of hydroxylamine groups is 2. The molecular weight excluding hydrogens is 434 g/mol. The Hall–Kier alpha value is -3.98. The molecule has 2 atom stereocenters. The van der Waals surface area contributed by atoms with Crippen LogP contribution in [0.2, 0.25) is 0 Å². The van der Waals surface area contributed by atoms with E-state index in [9.17, 15) is 9.59 Å². The molecule has 2 amide bonds. The van der Waals surface area contributed by atoms with Crippen molar-refractivity contribution in [2.75, 3.05) is 20.8 Å². The topological polar surface area (TPSA) is 98.6 Å². The molecule has 1 aromatic carbocycles. The van der Waals surface area contributed by atoms with Gasteiger partial charge in [0.1, 0.15) is 23.6 Å². The predicted octanol–water partition coefficient (Wildman–Crippen LogP) is 2.82. The second kappa shape index (κ2) is 9.48. The molecule has 0 aliphatic heterocycles. The van der Waals surface area contributed by atoms with Crippen molar-refractivity contribution >= 4 is 11.8 Å². The van der Waals surface area contributed by atoms with Gasteiger partial charge in [0.05, 0.1) is 12.8 Å². The molecule has 0 bridgehead atoms. The molecule has 1 N–H and O–H groups in total. The quantitative estimate of drug-likeness (QED) is 0.389. The number of hydrogen-bond acceptors (Lipinski definition) is 6. The Morgan fingerprint density at radius 1 is 1.29 bits per heavy atom. The van der Waals surface area contributed by atoms with Crippen LogP contribution in [-0.2, 0) is 9.63 Å². The second-order valence-corrected chi connectivity index (χ2v) is 8.11. The van der Waals surface area contributed by atoms with Crippen LogP contribution in [-0.4, -0.2) is 57.9 Å². The molecule has 1 fully saturated rings. The van der Waals surface area contributed by atoms with Crippen LogP contribution < -0.4 is 10.1 Å². The van der Waals surface area contributed by atoms with Gasteiger partial charge in [-0.3, -0.25) is 14.4 Å². The highest BCUT2D eigenvalue weighted by Gasteiger charge is 2.63. The molecule has 0 spiro atoms. The third-order valence-electron chi connectivity index (χ3n) is 5.82. The number of carbonyl (C=O) groups excluding carboxylic acids is 2. The fourth-order valence-electron chi connectivity index (χ4n) is 3.99. The number of benzene rings is 1. The molecule has 2 aromatic heterocycles. The Morgan fingerprint density at radius 3 is 2.71 bits per heavy atom. The number of nitrogens with one attached hydrogen (secondary N) is 1. The third-order valence-corrected chi connectivity index (χ3v) is 5.82. The van der Waals surface area contributed by atoms with Gasteiger partial charge in [0.25, 0.3) is 11.8 Å². The van der Waals surface area contributed by atoms with E-state index in [4.69, 9.17) is 9.57 Å². The van der Waals surface area contributed by atoms with E-state index in [1.165, 1.54) is 18.8 Å². The largest absolute Gasteiger partial charge is 0.490 e. The van der Waals surface area contributed by atoms with Gasteiger partial charge in [-0.2, -0.15) is 5.10 Å². The minimum atomic E-state index is -1.14. The van der Waals surface area contributed by atoms with Crippen molar-refractivity contribution in [3.05, 3.63) is 84.3 Å². The molecule has 9 nitrogen and oxygen atoms in total. The first-order valence-corrected chi connectivity index (χ1v) is 10.9. The van der Waals surface area contributed by atoms with Crippen molar-refractivity contribution in [1.82, 2.24) is 25.1 Å². The fraction of sp³-hybridized carbons (Fsp3) is 0.280. The zero-order chi connectivity index (χ0) is 24.3. The van der Waals surface area contributed by atoms with Crippen LogP contribution >= 0.6 is 0 Å². The summed E-state index contributed by atoms with van der Waals surface area (Å²) in [6, 6.07) is 14.5. The zero-order valence-corrected chi connectivity index (χ0v) is 19.4. The first kappa shape index (κ1) is 23.2. The van der Waals surface area contributed by atoms with Crippen molar-refractivity contribution in [3.63, 3.8) is 0 Å². The summed E-state index contributed by atoms with van der Waals surface area (Å²) >= 11 is 0. The van der Waals surface area contributed by atoms with Gasteiger partial charge in [-0.15, -0.1) is 0 Å². The molecule has 0 radical (unpaired) electrons. The number of nitrogens with zero attached hydrogens (tertiary/aromatic N) is 4. The molecule has 1 saturated carbocycles. The standard InChI is InChI=1S/C25H27N5O4/c1-5-14-34-19-11-9-18(10-12-19)20-16-25(20,24(32)29(3)33-4)27-23(31)21-15-17(2)28-30(21)22-8-6-7-13-26-22/h5-13,15,20H,1,14,16H2,2-4H3,(H,27,31)/t20-,25?/m0/s1. The Kier molecular flexibility index (Phi) is 6.47. The number of ether oxygens (including phenoxy) is 1. The summed E-state index contributed by atoms with van der Waals surface area (Å²) in [7, 11) is 2.94. The van der Waals surface area contributed by atoms with Gasteiger partial charge in [-0.25, -0.2) is 14.7 Å². The maximum Gasteiger partial charge on any atom is 0.272 e. The lowest BCUT2D eigenvalue weighted by atomic mass is 10.0. The molecule has 9 heteroatoms. The van der Waals surface area contributed by atoms with Crippen molar-refractivity contribution in [1.29, 1.82) is 0 Å². The molecule has 2 heterocycles. The van der Waals surface area contributed by atoms with Gasteiger partial charge in [-0.05, 0) is 49.2 Å². The summed E-state index contributed by atoms with van der Waals surface area (Å²) in [6.07, 6.45) is 3.74. The van der Waals surface area contributed by atoms with E-state index in [2.05, 4.69) is 22.0 Å². The summed E-state index contributed by atoms with van der Waals surface area (Å²) in [5.74, 6) is 0.243. The number of pyridine rings is 1. The van der Waals surface area contributed by atoms with E-state index < -0.39 is 11.4 Å². The molecule has 176 valence electrons. The van der Waals surface area contributed by atoms with E-state index in [0.29, 0.717) is 36.0 Å². The van der Waals surface area contributed by atoms with E-state index in [-0.39, 0.29) is 11.8 Å². The second-order valence-electron chi connectivity index (χ2n) is 8.11. The fourth-order valence-corrected chi connectivity index (χ4v) is 3.99. The molecule has 0 saturated heterocycles. The monoisotopic (exact) mass is 461 g/mol. The lowest BCUT2D eigenvalue weighted by Crippen LogP contribution is -2.50. The molecule has 3 aromatic rings. The highest BCUT2D eigenvalue weighted by Crippen LogP contribution is 2.53. The van der Waals surface area contributed by atoms with Crippen molar-refractivity contribution in [2.45, 2.75) is 24.8 Å². The Labute approximate surface area is 198 Å². The van der Waals surface area contributed by atoms with Gasteiger partial charge < -0.3 is 10.1 Å². The third kappa shape index (κ3) is 4.42. The summed E-state index contributed by atoms with van der Waals surface area (Å²) in [5.41, 5.74) is 0.729. The average molecular weight is 462 g/mol. The number of hydrogen-bond donors (Lipinski definition) is 1. The van der Waals surface area contributed by atoms with Crippen LogP contribution in [0.25, 0.3) is 5.82 Å². The van der Waals surface area contributed by atoms with Crippen LogP contribution in [0.3, 0.4) is 0 Å². The van der Waals surface area contributed by atoms with E-state index in [1.807, 2.05) is 30.3 Å². The maximum atomic E-state index is 13.4. The normalized spacial score (nSPS) is 18.7. The minimum absolute atomic E-state index is 0.220. The number of likely N-dealkylation sites (N-methyl/N-ethyl adjacent to an activating group) is 1. The summed E-state index contributed by atoms with van der Waals surface area (Å²) in [6.45, 7) is 5.85. The van der Waals surface area contributed by atoms with Crippen LogP contribution in [0.15, 0.2) is 67.4 Å². The lowest BCUT2D eigenvalue weighted by molar-refractivity contribution is -0.172. The number of amides is 2. The summed E-state index contributed by atoms with van der Waals surface area (Å²) in [5, 5.41) is 8.53. The smallest absolute Gasteiger partial charge is 0.272 e. The molecule has 4 rings (SSSR count).